The Hall–Kier alpha value is -1.39. The van der Waals surface area contributed by atoms with E-state index in [4.69, 9.17) is 4.74 Å². The summed E-state index contributed by atoms with van der Waals surface area (Å²) in [7, 11) is 0. The van der Waals surface area contributed by atoms with E-state index in [0.717, 1.165) is 31.3 Å². The van der Waals surface area contributed by atoms with E-state index in [1.54, 1.807) is 11.1 Å². The molecule has 2 N–H and O–H groups in total. The van der Waals surface area contributed by atoms with Crippen molar-refractivity contribution in [2.24, 2.45) is 11.3 Å². The van der Waals surface area contributed by atoms with Gasteiger partial charge in [-0.15, -0.1) is 0 Å². The van der Waals surface area contributed by atoms with E-state index in [1.165, 1.54) is 24.8 Å². The van der Waals surface area contributed by atoms with E-state index < -0.39 is 0 Å². The maximum Gasteiger partial charge on any atom is 0.306 e. The quantitative estimate of drug-likeness (QED) is 0.385. The first-order valence-electron chi connectivity index (χ1n) is 11.2. The van der Waals surface area contributed by atoms with Gasteiger partial charge in [-0.2, -0.15) is 0 Å². The third-order valence-corrected chi connectivity index (χ3v) is 6.73. The van der Waals surface area contributed by atoms with E-state index >= 15 is 0 Å². The van der Waals surface area contributed by atoms with E-state index in [-0.39, 0.29) is 37.6 Å². The minimum atomic E-state index is -0.262. The lowest BCUT2D eigenvalue weighted by molar-refractivity contribution is -0.141. The van der Waals surface area contributed by atoms with Crippen LogP contribution in [0, 0.1) is 11.3 Å². The Morgan fingerprint density at radius 2 is 2.00 bits per heavy atom. The highest BCUT2D eigenvalue weighted by Crippen LogP contribution is 2.42. The number of ether oxygens (including phenoxy) is 1. The van der Waals surface area contributed by atoms with Gasteiger partial charge in [-0.1, -0.05) is 42.7 Å². The number of allylic oxidation sites excluding steroid dienone is 4. The predicted octanol–water partition coefficient (Wildman–Crippen LogP) is 5.25. The first-order valence-corrected chi connectivity index (χ1v) is 11.2. The molecular weight excluding hydrogens is 364 g/mol. The maximum atomic E-state index is 11.4. The third-order valence-electron chi connectivity index (χ3n) is 6.73. The fourth-order valence-electron chi connectivity index (χ4n) is 4.76. The molecule has 2 rings (SSSR count). The van der Waals surface area contributed by atoms with Crippen LogP contribution in [0.3, 0.4) is 0 Å². The molecule has 0 spiro atoms. The molecule has 4 nitrogen and oxygen atoms in total. The molecule has 2 aliphatic rings. The summed E-state index contributed by atoms with van der Waals surface area (Å²) >= 11 is 0. The van der Waals surface area contributed by atoms with Gasteiger partial charge in [-0.3, -0.25) is 4.79 Å². The van der Waals surface area contributed by atoms with Crippen molar-refractivity contribution in [3.05, 3.63) is 34.4 Å². The van der Waals surface area contributed by atoms with Crippen LogP contribution in [0.15, 0.2) is 34.4 Å². The highest BCUT2D eigenvalue weighted by atomic mass is 16.6. The van der Waals surface area contributed by atoms with Gasteiger partial charge in [0.2, 0.25) is 0 Å². The average Bonchev–Trinajstić information content (AvgIpc) is 3.03. The van der Waals surface area contributed by atoms with Crippen LogP contribution in [0.1, 0.15) is 85.5 Å². The number of carbonyl (C=O) groups excluding carboxylic acids is 1. The van der Waals surface area contributed by atoms with Gasteiger partial charge < -0.3 is 14.9 Å². The normalized spacial score (nSPS) is 25.5. The Labute approximate surface area is 176 Å². The molecule has 0 aromatic rings. The summed E-state index contributed by atoms with van der Waals surface area (Å²) in [5.41, 5.74) is 5.96. The summed E-state index contributed by atoms with van der Waals surface area (Å²) < 4.78 is 5.28. The van der Waals surface area contributed by atoms with Gasteiger partial charge in [-0.05, 0) is 69.8 Å². The number of carbonyl (C=O) groups is 1. The number of aliphatic hydroxyl groups is 2. The molecular formula is C25H40O4. The molecule has 2 atom stereocenters. The van der Waals surface area contributed by atoms with Crippen LogP contribution in [0.4, 0.5) is 0 Å². The Morgan fingerprint density at radius 3 is 2.66 bits per heavy atom. The molecule has 1 heterocycles. The number of rotatable bonds is 10. The summed E-state index contributed by atoms with van der Waals surface area (Å²) in [5.74, 6) is -0.360. The molecule has 1 saturated heterocycles. The van der Waals surface area contributed by atoms with Crippen molar-refractivity contribution in [1.82, 2.24) is 0 Å². The van der Waals surface area contributed by atoms with Crippen LogP contribution >= 0.6 is 0 Å². The summed E-state index contributed by atoms with van der Waals surface area (Å²) in [6.07, 6.45) is 12.7. The summed E-state index contributed by atoms with van der Waals surface area (Å²) in [6, 6.07) is 0. The largest absolute Gasteiger partial charge is 0.462 e. The molecule has 0 bridgehead atoms. The Kier molecular flexibility index (Phi) is 9.16. The topological polar surface area (TPSA) is 66.8 Å². The van der Waals surface area contributed by atoms with Gasteiger partial charge in [0.15, 0.2) is 0 Å². The lowest BCUT2D eigenvalue weighted by Crippen LogP contribution is -2.20. The van der Waals surface area contributed by atoms with Crippen molar-refractivity contribution in [2.75, 3.05) is 13.2 Å². The van der Waals surface area contributed by atoms with Gasteiger partial charge >= 0.3 is 5.97 Å². The molecule has 4 heteroatoms. The summed E-state index contributed by atoms with van der Waals surface area (Å²) in [5, 5.41) is 19.0. The highest BCUT2D eigenvalue weighted by Gasteiger charge is 2.33. The van der Waals surface area contributed by atoms with Crippen molar-refractivity contribution >= 4 is 5.97 Å². The first kappa shape index (κ1) is 23.9. The number of hydrogen-bond acceptors (Lipinski definition) is 4. The molecule has 2 unspecified atom stereocenters. The fraction of sp³-hybridized carbons (Fsp3) is 0.720. The molecule has 0 saturated carbocycles. The van der Waals surface area contributed by atoms with Crippen molar-refractivity contribution in [3.63, 3.8) is 0 Å². The highest BCUT2D eigenvalue weighted by molar-refractivity contribution is 5.72. The minimum absolute atomic E-state index is 0.0254. The standard InChI is InChI=1S/C25H40O4/c1-18(10-12-22-19(2)8-6-14-25(22,3)4)7-5-9-20(16-26)11-13-23-21(17-27)15-24(28)29-23/h7,11,21,23,26-27H,5-6,8-10,12-17H2,1-4H3/b18-7+,20-11-. The molecule has 164 valence electrons. The molecule has 1 aliphatic heterocycles. The second kappa shape index (κ2) is 11.1. The molecule has 29 heavy (non-hydrogen) atoms. The average molecular weight is 405 g/mol. The van der Waals surface area contributed by atoms with Crippen LogP contribution < -0.4 is 0 Å². The monoisotopic (exact) mass is 404 g/mol. The lowest BCUT2D eigenvalue weighted by atomic mass is 9.71. The molecule has 0 aromatic carbocycles. The van der Waals surface area contributed by atoms with Crippen molar-refractivity contribution in [2.45, 2.75) is 91.6 Å². The number of aliphatic hydroxyl groups excluding tert-OH is 2. The number of hydrogen-bond donors (Lipinski definition) is 2. The van der Waals surface area contributed by atoms with Crippen molar-refractivity contribution < 1.29 is 19.7 Å². The van der Waals surface area contributed by atoms with Crippen LogP contribution in [0.25, 0.3) is 0 Å². The summed E-state index contributed by atoms with van der Waals surface area (Å²) in [6.45, 7) is 9.26. The van der Waals surface area contributed by atoms with Gasteiger partial charge in [0, 0.05) is 18.9 Å². The SMILES string of the molecule is CC1=C(CC/C(C)=C/CC/C(=C/CC2OC(=O)CC2CO)CO)C(C)(C)CCC1. The van der Waals surface area contributed by atoms with Crippen molar-refractivity contribution in [1.29, 1.82) is 0 Å². The zero-order chi connectivity index (χ0) is 21.4. The van der Waals surface area contributed by atoms with Gasteiger partial charge in [0.25, 0.3) is 0 Å². The molecule has 0 radical (unpaired) electrons. The molecule has 1 fully saturated rings. The fourth-order valence-corrected chi connectivity index (χ4v) is 4.76. The second-order valence-electron chi connectivity index (χ2n) is 9.52. The van der Waals surface area contributed by atoms with Crippen LogP contribution in [-0.2, 0) is 9.53 Å². The zero-order valence-electron chi connectivity index (χ0n) is 18.8. The molecule has 0 amide bonds. The Balaban J connectivity index is 1.81. The Bertz CT molecular complexity index is 654. The summed E-state index contributed by atoms with van der Waals surface area (Å²) in [4.78, 5) is 11.4. The molecule has 1 aliphatic carbocycles. The van der Waals surface area contributed by atoms with Crippen LogP contribution in [-0.4, -0.2) is 35.5 Å². The lowest BCUT2D eigenvalue weighted by Gasteiger charge is -2.35. The predicted molar refractivity (Wildman–Crippen MR) is 117 cm³/mol. The van der Waals surface area contributed by atoms with Crippen LogP contribution in [0.2, 0.25) is 0 Å². The van der Waals surface area contributed by atoms with Gasteiger partial charge in [-0.25, -0.2) is 0 Å². The number of esters is 1. The zero-order valence-corrected chi connectivity index (χ0v) is 18.8. The second-order valence-corrected chi connectivity index (χ2v) is 9.52. The smallest absolute Gasteiger partial charge is 0.306 e. The van der Waals surface area contributed by atoms with Crippen molar-refractivity contribution in [3.8, 4) is 0 Å². The van der Waals surface area contributed by atoms with E-state index in [2.05, 4.69) is 33.8 Å². The van der Waals surface area contributed by atoms with E-state index in [0.29, 0.717) is 11.8 Å². The van der Waals surface area contributed by atoms with E-state index in [1.807, 2.05) is 6.08 Å². The van der Waals surface area contributed by atoms with Gasteiger partial charge in [0.05, 0.1) is 13.0 Å². The Morgan fingerprint density at radius 1 is 1.24 bits per heavy atom. The number of cyclic esters (lactones) is 1. The minimum Gasteiger partial charge on any atom is -0.462 e. The first-order chi connectivity index (χ1) is 13.8. The van der Waals surface area contributed by atoms with Crippen LogP contribution in [0.5, 0.6) is 0 Å². The maximum absolute atomic E-state index is 11.4. The third kappa shape index (κ3) is 7.11. The molecule has 0 aromatic heterocycles. The van der Waals surface area contributed by atoms with Gasteiger partial charge in [0.1, 0.15) is 6.10 Å². The van der Waals surface area contributed by atoms with E-state index in [9.17, 15) is 15.0 Å².